The van der Waals surface area contributed by atoms with Gasteiger partial charge in [0.25, 0.3) is 0 Å². The van der Waals surface area contributed by atoms with Crippen molar-refractivity contribution in [2.45, 2.75) is 31.9 Å². The summed E-state index contributed by atoms with van der Waals surface area (Å²) in [5.74, 6) is 1.30. The normalized spacial score (nSPS) is 16.7. The number of ether oxygens (including phenoxy) is 1. The molecule has 8 heteroatoms. The summed E-state index contributed by atoms with van der Waals surface area (Å²) in [6.45, 7) is 4.13. The van der Waals surface area contributed by atoms with Gasteiger partial charge in [-0.05, 0) is 55.4 Å². The SMILES string of the molecule is Cc1nc(C2CCNCC2)sc1C(Oc1ccccc1)n1cnnn1. The third-order valence-corrected chi connectivity index (χ3v) is 5.71. The first kappa shape index (κ1) is 16.2. The van der Waals surface area contributed by atoms with E-state index in [1.165, 1.54) is 5.01 Å². The third-order valence-electron chi connectivity index (χ3n) is 4.36. The van der Waals surface area contributed by atoms with Crippen molar-refractivity contribution in [2.75, 3.05) is 13.1 Å². The summed E-state index contributed by atoms with van der Waals surface area (Å²) in [5.41, 5.74) is 0.981. The Balaban J connectivity index is 1.66. The fourth-order valence-corrected chi connectivity index (χ4v) is 4.29. The average Bonchev–Trinajstić information content (AvgIpc) is 3.31. The van der Waals surface area contributed by atoms with E-state index in [-0.39, 0.29) is 0 Å². The molecular formula is C17H20N6OS. The Morgan fingerprint density at radius 1 is 1.24 bits per heavy atom. The zero-order valence-corrected chi connectivity index (χ0v) is 14.8. The van der Waals surface area contributed by atoms with Gasteiger partial charge in [-0.15, -0.1) is 16.4 Å². The van der Waals surface area contributed by atoms with Crippen molar-refractivity contribution in [1.82, 2.24) is 30.5 Å². The van der Waals surface area contributed by atoms with Crippen LogP contribution in [0, 0.1) is 6.92 Å². The maximum absolute atomic E-state index is 6.20. The van der Waals surface area contributed by atoms with Gasteiger partial charge in [0.05, 0.1) is 15.6 Å². The molecule has 0 saturated carbocycles. The van der Waals surface area contributed by atoms with E-state index in [1.807, 2.05) is 37.3 Å². The molecule has 0 radical (unpaired) electrons. The van der Waals surface area contributed by atoms with Crippen molar-refractivity contribution in [3.63, 3.8) is 0 Å². The molecule has 0 spiro atoms. The predicted molar refractivity (Wildman–Crippen MR) is 94.7 cm³/mol. The minimum Gasteiger partial charge on any atom is -0.463 e. The average molecular weight is 356 g/mol. The molecule has 1 aliphatic rings. The van der Waals surface area contributed by atoms with E-state index in [0.717, 1.165) is 42.3 Å². The van der Waals surface area contributed by atoms with Crippen LogP contribution in [0.25, 0.3) is 0 Å². The number of nitrogens with zero attached hydrogens (tertiary/aromatic N) is 5. The van der Waals surface area contributed by atoms with E-state index in [4.69, 9.17) is 9.72 Å². The van der Waals surface area contributed by atoms with E-state index >= 15 is 0 Å². The number of thiazole rings is 1. The molecule has 7 nitrogen and oxygen atoms in total. The van der Waals surface area contributed by atoms with Crippen molar-refractivity contribution >= 4 is 11.3 Å². The number of nitrogens with one attached hydrogen (secondary N) is 1. The molecule has 3 aromatic rings. The van der Waals surface area contributed by atoms with E-state index in [9.17, 15) is 0 Å². The fourth-order valence-electron chi connectivity index (χ4n) is 3.03. The molecular weight excluding hydrogens is 336 g/mol. The van der Waals surface area contributed by atoms with Gasteiger partial charge in [-0.1, -0.05) is 18.2 Å². The highest BCUT2D eigenvalue weighted by atomic mass is 32.1. The van der Waals surface area contributed by atoms with Crippen LogP contribution in [0.1, 0.15) is 40.6 Å². The second-order valence-electron chi connectivity index (χ2n) is 6.10. The monoisotopic (exact) mass is 356 g/mol. The van der Waals surface area contributed by atoms with Gasteiger partial charge in [0.15, 0.2) is 0 Å². The summed E-state index contributed by atoms with van der Waals surface area (Å²) in [7, 11) is 0. The highest BCUT2D eigenvalue weighted by Gasteiger charge is 2.26. The van der Waals surface area contributed by atoms with Gasteiger partial charge < -0.3 is 10.1 Å². The molecule has 1 aromatic carbocycles. The van der Waals surface area contributed by atoms with Crippen molar-refractivity contribution in [3.05, 3.63) is 52.2 Å². The molecule has 0 aliphatic carbocycles. The smallest absolute Gasteiger partial charge is 0.231 e. The Bertz CT molecular complexity index is 798. The number of piperidine rings is 1. The van der Waals surface area contributed by atoms with E-state index in [0.29, 0.717) is 5.92 Å². The molecule has 2 aromatic heterocycles. The number of aromatic nitrogens is 5. The van der Waals surface area contributed by atoms with Gasteiger partial charge in [-0.2, -0.15) is 4.68 Å². The quantitative estimate of drug-likeness (QED) is 0.757. The van der Waals surface area contributed by atoms with Crippen molar-refractivity contribution in [3.8, 4) is 5.75 Å². The van der Waals surface area contributed by atoms with Gasteiger partial charge >= 0.3 is 0 Å². The number of hydrogen-bond acceptors (Lipinski definition) is 7. The highest BCUT2D eigenvalue weighted by Crippen LogP contribution is 2.35. The van der Waals surface area contributed by atoms with Crippen LogP contribution in [0.3, 0.4) is 0 Å². The van der Waals surface area contributed by atoms with Gasteiger partial charge in [0.2, 0.25) is 6.23 Å². The van der Waals surface area contributed by atoms with E-state index < -0.39 is 6.23 Å². The molecule has 4 rings (SSSR count). The Hall–Kier alpha value is -2.32. The molecule has 130 valence electrons. The summed E-state index contributed by atoms with van der Waals surface area (Å²) >= 11 is 1.71. The predicted octanol–water partition coefficient (Wildman–Crippen LogP) is 2.53. The Morgan fingerprint density at radius 2 is 2.04 bits per heavy atom. The van der Waals surface area contributed by atoms with E-state index in [2.05, 4.69) is 20.8 Å². The number of para-hydroxylation sites is 1. The summed E-state index contributed by atoms with van der Waals surface area (Å²) in [6, 6.07) is 9.73. The van der Waals surface area contributed by atoms with Gasteiger partial charge in [-0.25, -0.2) is 4.98 Å². The molecule has 0 bridgehead atoms. The maximum atomic E-state index is 6.20. The van der Waals surface area contributed by atoms with E-state index in [1.54, 1.807) is 22.3 Å². The summed E-state index contributed by atoms with van der Waals surface area (Å²) in [6.07, 6.45) is 3.42. The van der Waals surface area contributed by atoms with Crippen LogP contribution >= 0.6 is 11.3 Å². The fraction of sp³-hybridized carbons (Fsp3) is 0.412. The highest BCUT2D eigenvalue weighted by molar-refractivity contribution is 7.11. The molecule has 25 heavy (non-hydrogen) atoms. The second kappa shape index (κ2) is 7.28. The van der Waals surface area contributed by atoms with Crippen LogP contribution in [0.2, 0.25) is 0 Å². The summed E-state index contributed by atoms with van der Waals surface area (Å²) in [5, 5.41) is 16.2. The number of rotatable bonds is 5. The molecule has 3 heterocycles. The van der Waals surface area contributed by atoms with Crippen molar-refractivity contribution < 1.29 is 4.74 Å². The van der Waals surface area contributed by atoms with Gasteiger partial charge in [0.1, 0.15) is 12.1 Å². The zero-order valence-electron chi connectivity index (χ0n) is 14.0. The number of benzene rings is 1. The number of aryl methyl sites for hydroxylation is 1. The number of tetrazole rings is 1. The molecule has 1 fully saturated rings. The lowest BCUT2D eigenvalue weighted by Gasteiger charge is -2.20. The Morgan fingerprint density at radius 3 is 2.76 bits per heavy atom. The van der Waals surface area contributed by atoms with Gasteiger partial charge in [0, 0.05) is 5.92 Å². The maximum Gasteiger partial charge on any atom is 0.231 e. The standard InChI is InChI=1S/C17H20N6OS/c1-12-15(25-16(20-12)13-7-9-18-10-8-13)17(23-11-19-21-22-23)24-14-5-3-2-4-6-14/h2-6,11,13,17-18H,7-10H2,1H3. The number of hydrogen-bond donors (Lipinski definition) is 1. The van der Waals surface area contributed by atoms with Crippen LogP contribution in [-0.4, -0.2) is 38.3 Å². The zero-order chi connectivity index (χ0) is 17.1. The lowest BCUT2D eigenvalue weighted by molar-refractivity contribution is 0.159. The van der Waals surface area contributed by atoms with Crippen LogP contribution < -0.4 is 10.1 Å². The first-order valence-electron chi connectivity index (χ1n) is 8.43. The van der Waals surface area contributed by atoms with Crippen molar-refractivity contribution in [2.24, 2.45) is 0 Å². The molecule has 0 amide bonds. The Labute approximate surface area is 150 Å². The first-order chi connectivity index (χ1) is 12.3. The van der Waals surface area contributed by atoms with Crippen LogP contribution in [0.4, 0.5) is 0 Å². The Kier molecular flexibility index (Phi) is 4.71. The molecule has 1 unspecified atom stereocenters. The van der Waals surface area contributed by atoms with Crippen molar-refractivity contribution in [1.29, 1.82) is 0 Å². The molecule has 1 saturated heterocycles. The molecule has 1 aliphatic heterocycles. The third kappa shape index (κ3) is 3.54. The second-order valence-corrected chi connectivity index (χ2v) is 7.16. The largest absolute Gasteiger partial charge is 0.463 e. The lowest BCUT2D eigenvalue weighted by Crippen LogP contribution is -2.26. The molecule has 1 atom stereocenters. The van der Waals surface area contributed by atoms with Crippen LogP contribution in [0.15, 0.2) is 36.7 Å². The topological polar surface area (TPSA) is 77.8 Å². The minimum atomic E-state index is -0.412. The van der Waals surface area contributed by atoms with Gasteiger partial charge in [-0.3, -0.25) is 0 Å². The van der Waals surface area contributed by atoms with Crippen LogP contribution in [0.5, 0.6) is 5.75 Å². The first-order valence-corrected chi connectivity index (χ1v) is 9.25. The lowest BCUT2D eigenvalue weighted by atomic mass is 9.99. The summed E-state index contributed by atoms with van der Waals surface area (Å²) in [4.78, 5) is 5.88. The summed E-state index contributed by atoms with van der Waals surface area (Å²) < 4.78 is 7.84. The minimum absolute atomic E-state index is 0.412. The van der Waals surface area contributed by atoms with Crippen LogP contribution in [-0.2, 0) is 0 Å². The molecule has 1 N–H and O–H groups in total.